The summed E-state index contributed by atoms with van der Waals surface area (Å²) in [4.78, 5) is 12.3. The number of methoxy groups -OCH3 is 2. The highest BCUT2D eigenvalue weighted by molar-refractivity contribution is 7.99. The van der Waals surface area contributed by atoms with Crippen molar-refractivity contribution in [3.63, 3.8) is 0 Å². The van der Waals surface area contributed by atoms with Crippen molar-refractivity contribution in [2.24, 2.45) is 0 Å². The van der Waals surface area contributed by atoms with Crippen LogP contribution in [0.15, 0.2) is 47.6 Å². The number of nitrogens with zero attached hydrogens (tertiary/aromatic N) is 3. The van der Waals surface area contributed by atoms with E-state index in [0.29, 0.717) is 28.2 Å². The maximum Gasteiger partial charge on any atom is 0.234 e. The molecule has 0 saturated carbocycles. The van der Waals surface area contributed by atoms with Crippen LogP contribution in [0.1, 0.15) is 5.56 Å². The first kappa shape index (κ1) is 19.6. The monoisotopic (exact) mass is 399 g/mol. The Hall–Kier alpha value is -3.20. The van der Waals surface area contributed by atoms with Gasteiger partial charge in [-0.3, -0.25) is 4.79 Å². The van der Waals surface area contributed by atoms with E-state index in [1.54, 1.807) is 32.4 Å². The number of benzene rings is 2. The first-order valence-corrected chi connectivity index (χ1v) is 9.42. The minimum Gasteiger partial charge on any atom is -0.493 e. The van der Waals surface area contributed by atoms with Gasteiger partial charge in [0.05, 0.1) is 20.0 Å². The van der Waals surface area contributed by atoms with Crippen molar-refractivity contribution in [3.05, 3.63) is 48.0 Å². The molecule has 0 fully saturated rings. The molecule has 3 rings (SSSR count). The number of amides is 1. The smallest absolute Gasteiger partial charge is 0.234 e. The van der Waals surface area contributed by atoms with Gasteiger partial charge >= 0.3 is 0 Å². The Morgan fingerprint density at radius 2 is 1.82 bits per heavy atom. The molecule has 2 aromatic carbocycles. The first-order chi connectivity index (χ1) is 13.5. The summed E-state index contributed by atoms with van der Waals surface area (Å²) in [5.41, 5.74) is 2.62. The lowest BCUT2D eigenvalue weighted by molar-refractivity contribution is -0.113. The second-order valence-corrected chi connectivity index (χ2v) is 6.89. The fraction of sp³-hybridized carbons (Fsp3) is 0.211. The molecule has 0 aliphatic carbocycles. The highest BCUT2D eigenvalue weighted by Gasteiger charge is 2.14. The summed E-state index contributed by atoms with van der Waals surface area (Å²) in [7, 11) is 3.10. The Morgan fingerprint density at radius 3 is 2.50 bits per heavy atom. The van der Waals surface area contributed by atoms with E-state index in [2.05, 4.69) is 15.5 Å². The van der Waals surface area contributed by atoms with Gasteiger partial charge in [-0.15, -0.1) is 10.2 Å². The normalized spacial score (nSPS) is 10.5. The van der Waals surface area contributed by atoms with E-state index >= 15 is 0 Å². The van der Waals surface area contributed by atoms with Crippen LogP contribution in [-0.2, 0) is 4.79 Å². The van der Waals surface area contributed by atoms with Gasteiger partial charge in [0.1, 0.15) is 0 Å². The number of ether oxygens (including phenoxy) is 2. The van der Waals surface area contributed by atoms with Gasteiger partial charge < -0.3 is 20.6 Å². The zero-order valence-electron chi connectivity index (χ0n) is 15.8. The number of carbonyl (C=O) groups excluding carboxylic acids is 1. The van der Waals surface area contributed by atoms with Crippen LogP contribution in [0.5, 0.6) is 11.5 Å². The second-order valence-electron chi connectivity index (χ2n) is 5.95. The van der Waals surface area contributed by atoms with Crippen LogP contribution < -0.4 is 20.6 Å². The average molecular weight is 399 g/mol. The Morgan fingerprint density at radius 1 is 1.11 bits per heavy atom. The molecule has 3 aromatic rings. The fourth-order valence-corrected chi connectivity index (χ4v) is 3.17. The third-order valence-corrected chi connectivity index (χ3v) is 4.92. The van der Waals surface area contributed by atoms with E-state index in [4.69, 9.17) is 15.3 Å². The van der Waals surface area contributed by atoms with Crippen molar-refractivity contribution in [1.29, 1.82) is 0 Å². The predicted molar refractivity (Wildman–Crippen MR) is 109 cm³/mol. The summed E-state index contributed by atoms with van der Waals surface area (Å²) >= 11 is 1.21. The zero-order valence-corrected chi connectivity index (χ0v) is 16.6. The molecule has 3 N–H and O–H groups in total. The van der Waals surface area contributed by atoms with Crippen molar-refractivity contribution in [3.8, 4) is 22.9 Å². The van der Waals surface area contributed by atoms with Crippen molar-refractivity contribution in [2.45, 2.75) is 12.1 Å². The standard InChI is InChI=1S/C19H21N5O3S/c1-12-4-6-13(7-5-12)18-22-23-19(24(18)20)28-11-17(25)21-14-8-9-15(26-2)16(10-14)27-3/h4-10H,11,20H2,1-3H3,(H,21,25). The summed E-state index contributed by atoms with van der Waals surface area (Å²) in [6.07, 6.45) is 0. The van der Waals surface area contributed by atoms with Crippen LogP contribution in [0.3, 0.4) is 0 Å². The molecule has 0 unspecified atom stereocenters. The molecule has 0 saturated heterocycles. The Labute approximate surface area is 167 Å². The fourth-order valence-electron chi connectivity index (χ4n) is 2.52. The lowest BCUT2D eigenvalue weighted by Gasteiger charge is -2.10. The van der Waals surface area contributed by atoms with Crippen LogP contribution in [0.4, 0.5) is 5.69 Å². The van der Waals surface area contributed by atoms with Crippen LogP contribution in [0.25, 0.3) is 11.4 Å². The quantitative estimate of drug-likeness (QED) is 0.465. The van der Waals surface area contributed by atoms with E-state index in [9.17, 15) is 4.79 Å². The van der Waals surface area contributed by atoms with Gasteiger partial charge in [-0.2, -0.15) is 0 Å². The molecule has 0 atom stereocenters. The van der Waals surface area contributed by atoms with Gasteiger partial charge in [-0.05, 0) is 19.1 Å². The molecule has 0 aliphatic rings. The zero-order chi connectivity index (χ0) is 20.1. The minimum atomic E-state index is -0.197. The molecular formula is C19H21N5O3S. The van der Waals surface area contributed by atoms with Gasteiger partial charge in [-0.25, -0.2) is 4.68 Å². The number of aromatic nitrogens is 3. The van der Waals surface area contributed by atoms with Crippen LogP contribution in [0, 0.1) is 6.92 Å². The van der Waals surface area contributed by atoms with Crippen LogP contribution >= 0.6 is 11.8 Å². The van der Waals surface area contributed by atoms with Crippen LogP contribution in [0.2, 0.25) is 0 Å². The van der Waals surface area contributed by atoms with Crippen molar-refractivity contribution in [2.75, 3.05) is 31.1 Å². The lowest BCUT2D eigenvalue weighted by atomic mass is 10.1. The summed E-state index contributed by atoms with van der Waals surface area (Å²) in [5, 5.41) is 11.5. The Kier molecular flexibility index (Phi) is 6.05. The van der Waals surface area contributed by atoms with Crippen molar-refractivity contribution < 1.29 is 14.3 Å². The van der Waals surface area contributed by atoms with Gasteiger partial charge in [0.15, 0.2) is 17.3 Å². The Bertz CT molecular complexity index is 972. The molecule has 0 aliphatic heterocycles. The Balaban J connectivity index is 1.63. The maximum atomic E-state index is 12.3. The summed E-state index contributed by atoms with van der Waals surface area (Å²) < 4.78 is 11.8. The number of nitrogens with one attached hydrogen (secondary N) is 1. The molecule has 0 bridgehead atoms. The third kappa shape index (κ3) is 4.37. The van der Waals surface area contributed by atoms with Gasteiger partial charge in [0.2, 0.25) is 11.1 Å². The number of aryl methyl sites for hydroxylation is 1. The van der Waals surface area contributed by atoms with E-state index in [1.807, 2.05) is 31.2 Å². The number of thioether (sulfide) groups is 1. The molecular weight excluding hydrogens is 378 g/mol. The number of anilines is 1. The molecule has 146 valence electrons. The second kappa shape index (κ2) is 8.66. The van der Waals surface area contributed by atoms with Gasteiger partial charge in [-0.1, -0.05) is 41.6 Å². The van der Waals surface area contributed by atoms with Crippen molar-refractivity contribution >= 4 is 23.4 Å². The van der Waals surface area contributed by atoms with Crippen LogP contribution in [-0.4, -0.2) is 40.8 Å². The number of nitrogen functional groups attached to an aromatic ring is 1. The van der Waals surface area contributed by atoms with Crippen molar-refractivity contribution in [1.82, 2.24) is 14.9 Å². The maximum absolute atomic E-state index is 12.3. The van der Waals surface area contributed by atoms with Gasteiger partial charge in [0.25, 0.3) is 0 Å². The number of carbonyl (C=O) groups is 1. The summed E-state index contributed by atoms with van der Waals surface area (Å²) in [6.45, 7) is 2.01. The average Bonchev–Trinajstić information content (AvgIpc) is 3.07. The highest BCUT2D eigenvalue weighted by Crippen LogP contribution is 2.30. The van der Waals surface area contributed by atoms with E-state index in [0.717, 1.165) is 11.1 Å². The molecule has 8 nitrogen and oxygen atoms in total. The minimum absolute atomic E-state index is 0.136. The SMILES string of the molecule is COc1ccc(NC(=O)CSc2nnc(-c3ccc(C)cc3)n2N)cc1OC. The highest BCUT2D eigenvalue weighted by atomic mass is 32.2. The summed E-state index contributed by atoms with van der Waals surface area (Å²) in [5.74, 6) is 7.71. The molecule has 1 amide bonds. The third-order valence-electron chi connectivity index (χ3n) is 3.97. The van der Waals surface area contributed by atoms with E-state index in [1.165, 1.54) is 16.4 Å². The molecule has 1 heterocycles. The van der Waals surface area contributed by atoms with E-state index in [-0.39, 0.29) is 11.7 Å². The number of hydrogen-bond donors (Lipinski definition) is 2. The molecule has 1 aromatic heterocycles. The molecule has 9 heteroatoms. The number of rotatable bonds is 7. The first-order valence-electron chi connectivity index (χ1n) is 8.44. The van der Waals surface area contributed by atoms with E-state index < -0.39 is 0 Å². The summed E-state index contributed by atoms with van der Waals surface area (Å²) in [6, 6.07) is 13.0. The lowest BCUT2D eigenvalue weighted by Crippen LogP contribution is -2.16. The predicted octanol–water partition coefficient (Wildman–Crippen LogP) is 2.72. The largest absolute Gasteiger partial charge is 0.493 e. The molecule has 28 heavy (non-hydrogen) atoms. The number of nitrogens with two attached hydrogens (primary N) is 1. The number of hydrogen-bond acceptors (Lipinski definition) is 7. The topological polar surface area (TPSA) is 104 Å². The molecule has 0 radical (unpaired) electrons. The molecule has 0 spiro atoms. The van der Waals surface area contributed by atoms with Gasteiger partial charge in [0, 0.05) is 17.3 Å².